The van der Waals surface area contributed by atoms with Crippen molar-refractivity contribution < 1.29 is 14.6 Å². The summed E-state index contributed by atoms with van der Waals surface area (Å²) < 4.78 is 6.10. The monoisotopic (exact) mass is 540 g/mol. The van der Waals surface area contributed by atoms with Gasteiger partial charge in [0.15, 0.2) is 5.82 Å². The van der Waals surface area contributed by atoms with Crippen molar-refractivity contribution in [1.82, 2.24) is 19.8 Å². The molecule has 0 spiro atoms. The molecule has 1 aromatic heterocycles. The molecule has 4 fully saturated rings. The van der Waals surface area contributed by atoms with E-state index in [-0.39, 0.29) is 24.2 Å². The van der Waals surface area contributed by atoms with Crippen molar-refractivity contribution in [2.24, 2.45) is 5.92 Å². The van der Waals surface area contributed by atoms with Gasteiger partial charge in [0.25, 0.3) is 0 Å². The van der Waals surface area contributed by atoms with Gasteiger partial charge in [-0.25, -0.2) is 9.97 Å². The van der Waals surface area contributed by atoms with E-state index >= 15 is 0 Å². The zero-order valence-electron chi connectivity index (χ0n) is 22.7. The average Bonchev–Trinajstić information content (AvgIpc) is 3.93. The molecule has 40 heavy (non-hydrogen) atoms. The minimum Gasteiger partial charge on any atom is -0.508 e. The molecule has 7 rings (SSSR count). The standard InChI is InChI=1S/C31H36N6O3/c38-27-9-6-24(18-26(27)21-2-3-21)34-30(39)23-10-13-35(19-23)20-28-31(40-28)37-16-14-36(15-17-37)25-7-4-22(5-8-25)29-32-11-1-12-33-29/h1,4-9,11-12,18,21,23,28,31,38H,2-3,10,13-17,19-20H2,(H,34,39)/t23-,28?,31-/m1/s1. The fraction of sp³-hybridized carbons (Fsp3) is 0.452. The van der Waals surface area contributed by atoms with Crippen molar-refractivity contribution in [3.05, 3.63) is 66.5 Å². The summed E-state index contributed by atoms with van der Waals surface area (Å²) in [5, 5.41) is 13.2. The number of ether oxygens (including phenoxy) is 1. The summed E-state index contributed by atoms with van der Waals surface area (Å²) in [5.41, 5.74) is 4.00. The number of aromatic nitrogens is 2. The highest BCUT2D eigenvalue weighted by Crippen LogP contribution is 2.44. The van der Waals surface area contributed by atoms with Crippen LogP contribution in [0.1, 0.15) is 30.7 Å². The van der Waals surface area contributed by atoms with E-state index in [2.05, 4.69) is 54.2 Å². The molecule has 3 atom stereocenters. The molecular formula is C31H36N6O3. The van der Waals surface area contributed by atoms with Gasteiger partial charge in [0, 0.05) is 68.6 Å². The van der Waals surface area contributed by atoms with Gasteiger partial charge >= 0.3 is 0 Å². The summed E-state index contributed by atoms with van der Waals surface area (Å²) in [6.07, 6.45) is 7.03. The summed E-state index contributed by atoms with van der Waals surface area (Å²) in [7, 11) is 0. The number of phenols is 1. The Balaban J connectivity index is 0.853. The SMILES string of the molecule is O=C(Nc1ccc(O)c(C2CC2)c1)[C@@H]1CCN(CC2O[C@H]2N2CCN(c3ccc(-c4ncccn4)cc3)CC2)C1. The van der Waals surface area contributed by atoms with Crippen LogP contribution in [0.2, 0.25) is 0 Å². The molecule has 1 saturated carbocycles. The molecule has 9 heteroatoms. The van der Waals surface area contributed by atoms with Crippen molar-refractivity contribution in [2.75, 3.05) is 56.0 Å². The largest absolute Gasteiger partial charge is 0.508 e. The molecule has 0 radical (unpaired) electrons. The van der Waals surface area contributed by atoms with Gasteiger partial charge in [-0.05, 0) is 85.8 Å². The Hall–Kier alpha value is -3.53. The Morgan fingerprint density at radius 1 is 0.975 bits per heavy atom. The lowest BCUT2D eigenvalue weighted by atomic mass is 10.1. The number of piperazine rings is 1. The van der Waals surface area contributed by atoms with E-state index in [1.165, 1.54) is 5.69 Å². The van der Waals surface area contributed by atoms with Gasteiger partial charge in [-0.1, -0.05) is 0 Å². The van der Waals surface area contributed by atoms with Gasteiger partial charge in [0.2, 0.25) is 5.91 Å². The number of hydrogen-bond donors (Lipinski definition) is 2. The van der Waals surface area contributed by atoms with Gasteiger partial charge in [0.05, 0.1) is 5.92 Å². The molecular weight excluding hydrogens is 504 g/mol. The predicted molar refractivity (Wildman–Crippen MR) is 153 cm³/mol. The van der Waals surface area contributed by atoms with E-state index in [4.69, 9.17) is 4.74 Å². The molecule has 1 amide bonds. The van der Waals surface area contributed by atoms with Crippen molar-refractivity contribution in [3.63, 3.8) is 0 Å². The number of phenolic OH excluding ortho intramolecular Hbond substituents is 1. The Bertz CT molecular complexity index is 1340. The van der Waals surface area contributed by atoms with E-state index in [9.17, 15) is 9.90 Å². The number of carbonyl (C=O) groups excluding carboxylic acids is 1. The molecule has 2 aromatic carbocycles. The second-order valence-corrected chi connectivity index (χ2v) is 11.5. The first-order valence-corrected chi connectivity index (χ1v) is 14.5. The first-order chi connectivity index (χ1) is 19.6. The van der Waals surface area contributed by atoms with Crippen molar-refractivity contribution >= 4 is 17.3 Å². The number of anilines is 2. The third kappa shape index (κ3) is 5.54. The number of epoxide rings is 1. The summed E-state index contributed by atoms with van der Waals surface area (Å²) >= 11 is 0. The van der Waals surface area contributed by atoms with Crippen LogP contribution in [0.4, 0.5) is 11.4 Å². The number of nitrogens with zero attached hydrogens (tertiary/aromatic N) is 5. The van der Waals surface area contributed by atoms with Crippen LogP contribution in [0.3, 0.4) is 0 Å². The third-order valence-corrected chi connectivity index (χ3v) is 8.68. The van der Waals surface area contributed by atoms with Crippen molar-refractivity contribution in [1.29, 1.82) is 0 Å². The molecule has 3 saturated heterocycles. The van der Waals surface area contributed by atoms with Crippen LogP contribution in [0.5, 0.6) is 5.75 Å². The van der Waals surface area contributed by atoms with Crippen LogP contribution in [0.15, 0.2) is 60.9 Å². The zero-order chi connectivity index (χ0) is 27.1. The minimum atomic E-state index is -0.0150. The van der Waals surface area contributed by atoms with E-state index in [0.29, 0.717) is 11.7 Å². The summed E-state index contributed by atoms with van der Waals surface area (Å²) in [4.78, 5) is 28.9. The van der Waals surface area contributed by atoms with E-state index in [1.54, 1.807) is 24.5 Å². The van der Waals surface area contributed by atoms with Crippen LogP contribution < -0.4 is 10.2 Å². The minimum absolute atomic E-state index is 0.0150. The van der Waals surface area contributed by atoms with Crippen molar-refractivity contribution in [2.45, 2.75) is 37.5 Å². The second-order valence-electron chi connectivity index (χ2n) is 11.5. The smallest absolute Gasteiger partial charge is 0.228 e. The summed E-state index contributed by atoms with van der Waals surface area (Å²) in [6, 6.07) is 15.8. The maximum atomic E-state index is 12.9. The van der Waals surface area contributed by atoms with E-state index < -0.39 is 0 Å². The highest BCUT2D eigenvalue weighted by atomic mass is 16.6. The molecule has 2 N–H and O–H groups in total. The molecule has 3 aromatic rings. The Morgan fingerprint density at radius 3 is 2.50 bits per heavy atom. The third-order valence-electron chi connectivity index (χ3n) is 8.68. The quantitative estimate of drug-likeness (QED) is 0.331. The summed E-state index contributed by atoms with van der Waals surface area (Å²) in [5.74, 6) is 1.58. The number of hydrogen-bond acceptors (Lipinski definition) is 8. The lowest BCUT2D eigenvalue weighted by Gasteiger charge is -2.35. The maximum Gasteiger partial charge on any atom is 0.228 e. The normalized spacial score (nSPS) is 25.2. The Kier molecular flexibility index (Phi) is 6.87. The molecule has 208 valence electrons. The number of benzene rings is 2. The topological polar surface area (TPSA) is 97.4 Å². The van der Waals surface area contributed by atoms with Gasteiger partial charge in [-0.15, -0.1) is 0 Å². The van der Waals surface area contributed by atoms with Crippen LogP contribution in [-0.4, -0.2) is 88.9 Å². The van der Waals surface area contributed by atoms with Crippen LogP contribution in [0, 0.1) is 5.92 Å². The molecule has 1 aliphatic carbocycles. The predicted octanol–water partition coefficient (Wildman–Crippen LogP) is 3.53. The number of likely N-dealkylation sites (tertiary alicyclic amines) is 1. The van der Waals surface area contributed by atoms with Gasteiger partial charge < -0.3 is 20.1 Å². The molecule has 4 aliphatic rings. The number of aromatic hydroxyl groups is 1. The highest BCUT2D eigenvalue weighted by Gasteiger charge is 2.46. The van der Waals surface area contributed by atoms with Crippen LogP contribution in [0.25, 0.3) is 11.4 Å². The number of amides is 1. The number of carbonyl (C=O) groups is 1. The van der Waals surface area contributed by atoms with Crippen LogP contribution in [-0.2, 0) is 9.53 Å². The van der Waals surface area contributed by atoms with Gasteiger partial charge in [-0.2, -0.15) is 0 Å². The molecule has 9 nitrogen and oxygen atoms in total. The molecule has 1 unspecified atom stereocenters. The fourth-order valence-electron chi connectivity index (χ4n) is 6.16. The molecule has 3 aliphatic heterocycles. The van der Waals surface area contributed by atoms with Crippen molar-refractivity contribution in [3.8, 4) is 17.1 Å². The van der Waals surface area contributed by atoms with Crippen LogP contribution >= 0.6 is 0 Å². The average molecular weight is 541 g/mol. The van der Waals surface area contributed by atoms with Gasteiger partial charge in [0.1, 0.15) is 18.1 Å². The lowest BCUT2D eigenvalue weighted by Crippen LogP contribution is -2.48. The van der Waals surface area contributed by atoms with E-state index in [0.717, 1.165) is 87.7 Å². The molecule has 0 bridgehead atoms. The highest BCUT2D eigenvalue weighted by molar-refractivity contribution is 5.93. The second kappa shape index (κ2) is 10.8. The fourth-order valence-corrected chi connectivity index (χ4v) is 6.16. The zero-order valence-corrected chi connectivity index (χ0v) is 22.7. The van der Waals surface area contributed by atoms with Gasteiger partial charge in [-0.3, -0.25) is 14.6 Å². The first kappa shape index (κ1) is 25.4. The Morgan fingerprint density at radius 2 is 1.75 bits per heavy atom. The maximum absolute atomic E-state index is 12.9. The number of nitrogens with one attached hydrogen (secondary N) is 1. The number of rotatable bonds is 8. The Labute approximate surface area is 234 Å². The molecule has 4 heterocycles. The van der Waals surface area contributed by atoms with E-state index in [1.807, 2.05) is 12.1 Å². The first-order valence-electron chi connectivity index (χ1n) is 14.5. The lowest BCUT2D eigenvalue weighted by molar-refractivity contribution is -0.119. The summed E-state index contributed by atoms with van der Waals surface area (Å²) in [6.45, 7) is 6.47.